The smallest absolute Gasteiger partial charge is 0.135 e. The Labute approximate surface area is 178 Å². The highest BCUT2D eigenvalue weighted by molar-refractivity contribution is 5.80. The number of carbonyl (C=O) groups is 1. The number of ketones is 1. The third-order valence-corrected chi connectivity index (χ3v) is 6.14. The minimum absolute atomic E-state index is 0.342. The minimum Gasteiger partial charge on any atom is -0.299 e. The fourth-order valence-corrected chi connectivity index (χ4v) is 4.32. The summed E-state index contributed by atoms with van der Waals surface area (Å²) in [6.07, 6.45) is 26.1. The lowest BCUT2D eigenvalue weighted by Crippen LogP contribution is -2.17. The SMILES string of the molecule is CCCCCCCCCCCCCCC(CC(C)C)C(=O)CCCCCCC. The highest BCUT2D eigenvalue weighted by atomic mass is 16.1. The monoisotopic (exact) mass is 394 g/mol. The van der Waals surface area contributed by atoms with Crippen LogP contribution in [-0.2, 0) is 4.79 Å². The summed E-state index contributed by atoms with van der Waals surface area (Å²) < 4.78 is 0. The van der Waals surface area contributed by atoms with Gasteiger partial charge in [-0.25, -0.2) is 0 Å². The van der Waals surface area contributed by atoms with Crippen LogP contribution in [0.4, 0.5) is 0 Å². The van der Waals surface area contributed by atoms with Gasteiger partial charge in [-0.1, -0.05) is 130 Å². The van der Waals surface area contributed by atoms with E-state index in [1.54, 1.807) is 0 Å². The first-order valence-corrected chi connectivity index (χ1v) is 13.1. The van der Waals surface area contributed by atoms with E-state index in [9.17, 15) is 4.79 Å². The van der Waals surface area contributed by atoms with Gasteiger partial charge in [0.15, 0.2) is 0 Å². The summed E-state index contributed by atoms with van der Waals surface area (Å²) in [7, 11) is 0. The van der Waals surface area contributed by atoms with E-state index < -0.39 is 0 Å². The van der Waals surface area contributed by atoms with Crippen LogP contribution < -0.4 is 0 Å². The van der Waals surface area contributed by atoms with Crippen molar-refractivity contribution in [3.8, 4) is 0 Å². The van der Waals surface area contributed by atoms with Crippen molar-refractivity contribution in [3.63, 3.8) is 0 Å². The predicted octanol–water partition coefficient (Wildman–Crippen LogP) is 9.67. The Morgan fingerprint density at radius 3 is 1.39 bits per heavy atom. The van der Waals surface area contributed by atoms with Crippen LogP contribution in [0.15, 0.2) is 0 Å². The second-order valence-electron chi connectivity index (χ2n) is 9.63. The van der Waals surface area contributed by atoms with Gasteiger partial charge in [0.2, 0.25) is 0 Å². The molecule has 0 aliphatic rings. The van der Waals surface area contributed by atoms with E-state index in [0.29, 0.717) is 17.6 Å². The van der Waals surface area contributed by atoms with E-state index in [1.165, 1.54) is 103 Å². The van der Waals surface area contributed by atoms with Crippen LogP contribution in [-0.4, -0.2) is 5.78 Å². The average Bonchev–Trinajstić information content (AvgIpc) is 2.67. The summed E-state index contributed by atoms with van der Waals surface area (Å²) in [5, 5.41) is 0. The van der Waals surface area contributed by atoms with Gasteiger partial charge >= 0.3 is 0 Å². The van der Waals surface area contributed by atoms with Crippen LogP contribution in [0.25, 0.3) is 0 Å². The molecule has 0 saturated heterocycles. The van der Waals surface area contributed by atoms with Gasteiger partial charge in [0.25, 0.3) is 0 Å². The zero-order valence-corrected chi connectivity index (χ0v) is 20.2. The Kier molecular flexibility index (Phi) is 21.1. The van der Waals surface area contributed by atoms with Gasteiger partial charge in [0.05, 0.1) is 0 Å². The van der Waals surface area contributed by atoms with Gasteiger partial charge in [-0.3, -0.25) is 4.79 Å². The first-order chi connectivity index (χ1) is 13.6. The molecule has 0 aliphatic heterocycles. The van der Waals surface area contributed by atoms with Gasteiger partial charge in [-0.15, -0.1) is 0 Å². The normalized spacial score (nSPS) is 12.6. The Balaban J connectivity index is 3.70. The van der Waals surface area contributed by atoms with Crippen molar-refractivity contribution in [2.24, 2.45) is 11.8 Å². The molecule has 0 aromatic rings. The molecule has 0 aliphatic carbocycles. The fraction of sp³-hybridized carbons (Fsp3) is 0.963. The maximum Gasteiger partial charge on any atom is 0.135 e. The van der Waals surface area contributed by atoms with Crippen molar-refractivity contribution < 1.29 is 4.79 Å². The molecule has 0 N–H and O–H groups in total. The van der Waals surface area contributed by atoms with Gasteiger partial charge in [-0.2, -0.15) is 0 Å². The highest BCUT2D eigenvalue weighted by Gasteiger charge is 2.18. The molecule has 168 valence electrons. The molecule has 0 amide bonds. The molecule has 0 bridgehead atoms. The largest absolute Gasteiger partial charge is 0.299 e. The summed E-state index contributed by atoms with van der Waals surface area (Å²) in [4.78, 5) is 12.6. The number of carbonyl (C=O) groups excluding carboxylic acids is 1. The topological polar surface area (TPSA) is 17.1 Å². The van der Waals surface area contributed by atoms with E-state index in [4.69, 9.17) is 0 Å². The van der Waals surface area contributed by atoms with Crippen LogP contribution in [0.5, 0.6) is 0 Å². The zero-order valence-electron chi connectivity index (χ0n) is 20.2. The summed E-state index contributed by atoms with van der Waals surface area (Å²) >= 11 is 0. The van der Waals surface area contributed by atoms with E-state index in [-0.39, 0.29) is 0 Å². The maximum absolute atomic E-state index is 12.6. The molecule has 1 heteroatoms. The summed E-state index contributed by atoms with van der Waals surface area (Å²) in [6.45, 7) is 9.07. The molecular weight excluding hydrogens is 340 g/mol. The molecule has 0 radical (unpaired) electrons. The second kappa shape index (κ2) is 21.4. The van der Waals surface area contributed by atoms with Crippen molar-refractivity contribution in [2.75, 3.05) is 0 Å². The third-order valence-electron chi connectivity index (χ3n) is 6.14. The predicted molar refractivity (Wildman–Crippen MR) is 127 cm³/mol. The quantitative estimate of drug-likeness (QED) is 0.167. The maximum atomic E-state index is 12.6. The van der Waals surface area contributed by atoms with E-state index in [1.807, 2.05) is 0 Å². The van der Waals surface area contributed by atoms with Gasteiger partial charge in [-0.05, 0) is 25.2 Å². The van der Waals surface area contributed by atoms with Gasteiger partial charge in [0.1, 0.15) is 5.78 Å². The molecule has 0 saturated carbocycles. The first kappa shape index (κ1) is 27.7. The molecule has 0 aromatic heterocycles. The fourth-order valence-electron chi connectivity index (χ4n) is 4.32. The highest BCUT2D eigenvalue weighted by Crippen LogP contribution is 2.23. The lowest BCUT2D eigenvalue weighted by molar-refractivity contribution is -0.123. The van der Waals surface area contributed by atoms with Crippen molar-refractivity contribution in [1.29, 1.82) is 0 Å². The Morgan fingerprint density at radius 2 is 0.964 bits per heavy atom. The Morgan fingerprint density at radius 1 is 0.571 bits per heavy atom. The number of hydrogen-bond donors (Lipinski definition) is 0. The standard InChI is InChI=1S/C27H54O/c1-5-7-9-11-12-13-14-15-16-17-19-20-22-26(24-25(3)4)27(28)23-21-18-10-8-6-2/h25-26H,5-24H2,1-4H3. The molecule has 0 heterocycles. The summed E-state index contributed by atoms with van der Waals surface area (Å²) in [5.74, 6) is 1.55. The van der Waals surface area contributed by atoms with Crippen molar-refractivity contribution >= 4 is 5.78 Å². The molecule has 0 aromatic carbocycles. The lowest BCUT2D eigenvalue weighted by atomic mass is 9.86. The molecule has 0 fully saturated rings. The van der Waals surface area contributed by atoms with Crippen LogP contribution in [0.1, 0.15) is 156 Å². The zero-order chi connectivity index (χ0) is 20.9. The van der Waals surface area contributed by atoms with Crippen LogP contribution in [0, 0.1) is 11.8 Å². The third kappa shape index (κ3) is 19.0. The second-order valence-corrected chi connectivity index (χ2v) is 9.63. The van der Waals surface area contributed by atoms with Crippen LogP contribution in [0.3, 0.4) is 0 Å². The number of Topliss-reactive ketones (excluding diaryl/α,β-unsaturated/α-hetero) is 1. The van der Waals surface area contributed by atoms with E-state index in [2.05, 4.69) is 27.7 Å². The molecule has 1 unspecified atom stereocenters. The summed E-state index contributed by atoms with van der Waals surface area (Å²) in [5.41, 5.74) is 0. The Bertz CT molecular complexity index is 320. The van der Waals surface area contributed by atoms with Crippen LogP contribution >= 0.6 is 0 Å². The number of rotatable bonds is 22. The van der Waals surface area contributed by atoms with Crippen LogP contribution in [0.2, 0.25) is 0 Å². The lowest BCUT2D eigenvalue weighted by Gasteiger charge is -2.18. The molecule has 1 nitrogen and oxygen atoms in total. The van der Waals surface area contributed by atoms with E-state index >= 15 is 0 Å². The molecule has 0 rings (SSSR count). The van der Waals surface area contributed by atoms with Gasteiger partial charge in [0, 0.05) is 12.3 Å². The van der Waals surface area contributed by atoms with Crippen molar-refractivity contribution in [3.05, 3.63) is 0 Å². The summed E-state index contributed by atoms with van der Waals surface area (Å²) in [6, 6.07) is 0. The molecule has 0 spiro atoms. The van der Waals surface area contributed by atoms with Crippen molar-refractivity contribution in [1.82, 2.24) is 0 Å². The molecule has 1 atom stereocenters. The molecular formula is C27H54O. The van der Waals surface area contributed by atoms with Gasteiger partial charge < -0.3 is 0 Å². The van der Waals surface area contributed by atoms with Crippen molar-refractivity contribution in [2.45, 2.75) is 156 Å². The Hall–Kier alpha value is -0.330. The minimum atomic E-state index is 0.342. The number of hydrogen-bond acceptors (Lipinski definition) is 1. The van der Waals surface area contributed by atoms with E-state index in [0.717, 1.165) is 25.7 Å². The first-order valence-electron chi connectivity index (χ1n) is 13.1. The average molecular weight is 395 g/mol. The molecule has 28 heavy (non-hydrogen) atoms. The number of unbranched alkanes of at least 4 members (excludes halogenated alkanes) is 15.